The minimum atomic E-state index is 0. The highest BCUT2D eigenvalue weighted by Crippen LogP contribution is 2.73. The lowest BCUT2D eigenvalue weighted by atomic mass is 9.40. The monoisotopic (exact) mass is 1720 g/mol. The van der Waals surface area contributed by atoms with Crippen molar-refractivity contribution in [3.05, 3.63) is 0 Å². The zero-order valence-electron chi connectivity index (χ0n) is 39.3. The van der Waals surface area contributed by atoms with E-state index in [1.165, 1.54) is 19.3 Å². The summed E-state index contributed by atoms with van der Waals surface area (Å²) >= 11 is 0. The molecule has 0 bridgehead atoms. The molecule has 0 aromatic heterocycles. The Morgan fingerprint density at radius 3 is 0.535 bits per heavy atom. The van der Waals surface area contributed by atoms with Gasteiger partial charge in [-0.15, -0.1) is 0 Å². The minimum absolute atomic E-state index is 0. The Balaban J connectivity index is -0.00000000507. The van der Waals surface area contributed by atoms with Crippen LogP contribution in [0.1, 0.15) is 668 Å². The second kappa shape index (κ2) is 175. The van der Waals surface area contributed by atoms with Gasteiger partial charge in [0.05, 0.1) is 0 Å². The molecule has 0 saturated heterocycles. The molecule has 808 valence electrons. The van der Waals surface area contributed by atoms with Crippen LogP contribution in [0.4, 0.5) is 0 Å². The maximum atomic E-state index is 2.67. The van der Waals surface area contributed by atoms with Crippen molar-refractivity contribution in [1.29, 1.82) is 0 Å². The van der Waals surface area contributed by atoms with Gasteiger partial charge in [-0.2, -0.15) is 0 Å². The van der Waals surface area contributed by atoms with Gasteiger partial charge in [0.15, 0.2) is 0 Å². The summed E-state index contributed by atoms with van der Waals surface area (Å²) in [4.78, 5) is 0. The molecule has 4 rings (SSSR count). The maximum Gasteiger partial charge on any atom is -0.0218 e. The van der Waals surface area contributed by atoms with Gasteiger partial charge in [0, 0.05) is 0 Å². The zero-order chi connectivity index (χ0) is 39.3. The number of fused-ring (bicyclic) bond motifs is 2. The molecule has 4 aliphatic carbocycles. The first-order valence-corrected chi connectivity index (χ1v) is 22.1. The first-order chi connectivity index (χ1) is 22.1. The van der Waals surface area contributed by atoms with E-state index in [9.17, 15) is 0 Å². The standard InChI is InChI=1S/C27H52.C23H44.64CH4/c1-16(15-24(6,7)8)27(14)20(5)17(2)21-18(3)22(25(9,10)11)19(4)23(21)26(27,12)13;1-14-12-15(2)20-19(14)17(4)18(5)23(11,22(20,9)10)16(3)13-21(6,7)8;;;;;;;;;;;;;;;;;;;;;;;;;;;;;;;;;;;;;;;;;;;;;;;;;;;;;;;;;;;;;;;;/h16-23H,15H2,1-14H3;14-20H,12-13H2,1-11H3;64*1H4/t16-,17-,18-,19-,20+,21+,22-,23-,27+;14-,15+,16+,17+,18-,19+,20+,23-;;;;;;;;;;;;;;;;;;;;;;;;;;;;;;;;;;;;;;;;;;;;;;;;;;;;;;;;;;;;;;;;/m10................................................................/s1. The van der Waals surface area contributed by atoms with Crippen LogP contribution in [-0.2, 0) is 0 Å². The highest BCUT2D eigenvalue weighted by atomic mass is 14.7. The summed E-state index contributed by atoms with van der Waals surface area (Å²) in [6.45, 7) is 63.6. The molecule has 114 heavy (non-hydrogen) atoms. The van der Waals surface area contributed by atoms with E-state index in [0.29, 0.717) is 37.9 Å². The van der Waals surface area contributed by atoms with Gasteiger partial charge in [-0.05, 0) is 146 Å². The van der Waals surface area contributed by atoms with Gasteiger partial charge >= 0.3 is 0 Å². The van der Waals surface area contributed by atoms with E-state index in [1.54, 1.807) is 0 Å². The molecule has 0 unspecified atom stereocenters. The second-order valence-corrected chi connectivity index (χ2v) is 25.6. The predicted molar refractivity (Wildman–Crippen MR) is 656 cm³/mol. The molecule has 17 atom stereocenters. The fourth-order valence-corrected chi connectivity index (χ4v) is 16.9. The lowest BCUT2D eigenvalue weighted by Gasteiger charge is -2.64. The minimum Gasteiger partial charge on any atom is -0.0776 e. The van der Waals surface area contributed by atoms with E-state index >= 15 is 0 Å². The number of hydrogen-bond acceptors (Lipinski definition) is 0. The molecule has 0 amide bonds. The van der Waals surface area contributed by atoms with Crippen molar-refractivity contribution in [1.82, 2.24) is 0 Å². The van der Waals surface area contributed by atoms with Crippen LogP contribution >= 0.6 is 0 Å². The van der Waals surface area contributed by atoms with E-state index in [1.807, 2.05) is 0 Å². The van der Waals surface area contributed by atoms with Gasteiger partial charge < -0.3 is 0 Å². The Morgan fingerprint density at radius 1 is 0.219 bits per heavy atom. The van der Waals surface area contributed by atoms with Gasteiger partial charge in [-0.1, -0.05) is 648 Å². The SMILES string of the molecule is C.C.C.C.C.C.C.C.C.C.C.C.C.C.C.C.C.C.C.C.C.C.C.C.C.C.C.C.C.C.C.C.C.C.C.C.C.C.C.C.C.C.C.C.C.C.C.C.C.C.C.C.C.C.C.C.C.C.C.C.C.C.C.C.C[C@@H]1[C@@H]2[C@H](C)[C@H](C)[C@](C)([C@H](C)CC(C)(C)C)C(C)(C)[C@@H]2[C@H](C)[C@@H]1C(C)(C)C.C[C@H]1[C@@H]2[C@@H]([C@H](C)C[C@@H]2C)C(C)(C)[C@@](C)([C@H](C)CC(C)(C)C)[C@H]1C. The molecule has 0 aliphatic heterocycles. The Hall–Kier alpha value is 0. The Bertz CT molecular complexity index is 1130. The van der Waals surface area contributed by atoms with Gasteiger partial charge in [-0.25, -0.2) is 0 Å². The normalized spacial score (nSPS) is 20.7. The van der Waals surface area contributed by atoms with E-state index in [-0.39, 0.29) is 475 Å². The highest BCUT2D eigenvalue weighted by Gasteiger charge is 2.67. The van der Waals surface area contributed by atoms with Gasteiger partial charge in [0.1, 0.15) is 0 Å². The molecular weight excluding hydrogens is 1370 g/mol. The average molecular weight is 1720 g/mol. The van der Waals surface area contributed by atoms with Crippen molar-refractivity contribution in [2.75, 3.05) is 0 Å². The Morgan fingerprint density at radius 2 is 0.377 bits per heavy atom. The van der Waals surface area contributed by atoms with Crippen molar-refractivity contribution in [3.63, 3.8) is 0 Å². The van der Waals surface area contributed by atoms with Gasteiger partial charge in [0.2, 0.25) is 0 Å². The molecule has 0 aromatic rings. The molecule has 0 radical (unpaired) electrons. The third-order valence-corrected chi connectivity index (χ3v) is 19.2. The van der Waals surface area contributed by atoms with Crippen LogP contribution in [0.5, 0.6) is 0 Å². The number of hydrogen-bond donors (Lipinski definition) is 0. The molecule has 4 fully saturated rings. The van der Waals surface area contributed by atoms with Crippen LogP contribution in [0.15, 0.2) is 0 Å². The van der Waals surface area contributed by atoms with Crippen molar-refractivity contribution in [2.24, 2.45) is 127 Å². The van der Waals surface area contributed by atoms with E-state index in [4.69, 9.17) is 0 Å². The fourth-order valence-electron chi connectivity index (χ4n) is 16.9. The van der Waals surface area contributed by atoms with E-state index in [2.05, 4.69) is 173 Å². The summed E-state index contributed by atoms with van der Waals surface area (Å²) in [5.41, 5.74) is 2.86. The average Bonchev–Trinajstić information content (AvgIpc) is 3.38. The quantitative estimate of drug-likeness (QED) is 0.263. The van der Waals surface area contributed by atoms with Crippen molar-refractivity contribution in [2.45, 2.75) is 668 Å². The Labute approximate surface area is 789 Å². The predicted octanol–water partition coefficient (Wildman–Crippen LogP) is 56.6. The maximum absolute atomic E-state index is 2.67. The van der Waals surface area contributed by atoms with Crippen molar-refractivity contribution < 1.29 is 0 Å². The largest absolute Gasteiger partial charge is 0.0776 e. The van der Waals surface area contributed by atoms with E-state index in [0.717, 1.165) is 88.8 Å². The molecular formula is C114H352. The highest BCUT2D eigenvalue weighted by molar-refractivity contribution is 5.15. The second-order valence-electron chi connectivity index (χ2n) is 25.6. The summed E-state index contributed by atoms with van der Waals surface area (Å²) in [6.07, 6.45) is 4.11. The summed E-state index contributed by atoms with van der Waals surface area (Å²) in [5, 5.41) is 0. The summed E-state index contributed by atoms with van der Waals surface area (Å²) in [5.74, 6) is 12.6. The fraction of sp³-hybridized carbons (Fsp3) is 1.00. The first-order valence-electron chi connectivity index (χ1n) is 22.1. The van der Waals surface area contributed by atoms with Crippen molar-refractivity contribution in [3.8, 4) is 0 Å². The van der Waals surface area contributed by atoms with Crippen LogP contribution in [-0.4, -0.2) is 0 Å². The third-order valence-electron chi connectivity index (χ3n) is 19.2. The van der Waals surface area contributed by atoms with Crippen LogP contribution in [0, 0.1) is 127 Å². The third kappa shape index (κ3) is 92.7. The summed E-state index contributed by atoms with van der Waals surface area (Å²) in [7, 11) is 0. The van der Waals surface area contributed by atoms with Crippen LogP contribution < -0.4 is 0 Å². The van der Waals surface area contributed by atoms with Crippen LogP contribution in [0.2, 0.25) is 0 Å². The smallest absolute Gasteiger partial charge is 0.0218 e. The van der Waals surface area contributed by atoms with Gasteiger partial charge in [-0.3, -0.25) is 0 Å². The lowest BCUT2D eigenvalue weighted by Crippen LogP contribution is -2.59. The Kier molecular flexibility index (Phi) is 826. The molecule has 0 N–H and O–H groups in total. The molecule has 0 heterocycles. The van der Waals surface area contributed by atoms with Crippen LogP contribution in [0.3, 0.4) is 0 Å². The molecule has 4 saturated carbocycles. The lowest BCUT2D eigenvalue weighted by molar-refractivity contribution is -0.165. The molecule has 0 aromatic carbocycles. The summed E-state index contributed by atoms with van der Waals surface area (Å²) in [6, 6.07) is 0. The molecule has 0 spiro atoms. The number of rotatable bonds is 4. The van der Waals surface area contributed by atoms with E-state index < -0.39 is 0 Å². The topological polar surface area (TPSA) is 0 Å². The van der Waals surface area contributed by atoms with Crippen molar-refractivity contribution >= 4 is 0 Å². The molecule has 0 nitrogen and oxygen atoms in total. The summed E-state index contributed by atoms with van der Waals surface area (Å²) < 4.78 is 0. The first kappa shape index (κ1) is 538. The zero-order valence-corrected chi connectivity index (χ0v) is 39.3. The van der Waals surface area contributed by atoms with Crippen LogP contribution in [0.25, 0.3) is 0 Å². The van der Waals surface area contributed by atoms with Gasteiger partial charge in [0.25, 0.3) is 0 Å². The molecule has 0 heteroatoms. The molecule has 4 aliphatic rings.